The van der Waals surface area contributed by atoms with Crippen LogP contribution in [0.3, 0.4) is 0 Å². The van der Waals surface area contributed by atoms with Crippen molar-refractivity contribution >= 4 is 22.4 Å². The van der Waals surface area contributed by atoms with Crippen molar-refractivity contribution in [1.29, 1.82) is 0 Å². The highest BCUT2D eigenvalue weighted by Gasteiger charge is 2.31. The van der Waals surface area contributed by atoms with Crippen molar-refractivity contribution in [3.8, 4) is 0 Å². The molecule has 1 aliphatic carbocycles. The van der Waals surface area contributed by atoms with Crippen LogP contribution in [0, 0.1) is 5.92 Å². The zero-order valence-electron chi connectivity index (χ0n) is 11.6. The second-order valence-corrected chi connectivity index (χ2v) is 7.11. The summed E-state index contributed by atoms with van der Waals surface area (Å²) in [6.07, 6.45) is -2.49. The summed E-state index contributed by atoms with van der Waals surface area (Å²) in [5.41, 5.74) is 5.02. The molecular formula is C13H18ClF3N2O2S. The van der Waals surface area contributed by atoms with Gasteiger partial charge in [-0.15, -0.1) is 12.4 Å². The number of halogens is 4. The molecule has 0 radical (unpaired) electrons. The SMILES string of the molecule is Cl.NC(CNS(=O)(=O)Cc1cccc(C(F)(F)F)c1)C1CC1. The minimum Gasteiger partial charge on any atom is -0.326 e. The summed E-state index contributed by atoms with van der Waals surface area (Å²) in [4.78, 5) is 0. The molecule has 1 aromatic rings. The van der Waals surface area contributed by atoms with Crippen LogP contribution >= 0.6 is 12.4 Å². The summed E-state index contributed by atoms with van der Waals surface area (Å²) in [5.74, 6) is -0.143. The van der Waals surface area contributed by atoms with E-state index in [1.165, 1.54) is 12.1 Å². The first-order chi connectivity index (χ1) is 9.67. The van der Waals surface area contributed by atoms with E-state index in [0.29, 0.717) is 5.92 Å². The van der Waals surface area contributed by atoms with E-state index in [1.807, 2.05) is 0 Å². The van der Waals surface area contributed by atoms with Crippen molar-refractivity contribution in [2.75, 3.05) is 6.54 Å². The van der Waals surface area contributed by atoms with Crippen LogP contribution in [0.1, 0.15) is 24.0 Å². The summed E-state index contributed by atoms with van der Waals surface area (Å²) < 4.78 is 63.8. The largest absolute Gasteiger partial charge is 0.416 e. The van der Waals surface area contributed by atoms with Gasteiger partial charge in [-0.2, -0.15) is 13.2 Å². The minimum absolute atomic E-state index is 0. The molecule has 1 unspecified atom stereocenters. The Balaban J connectivity index is 0.00000242. The van der Waals surface area contributed by atoms with Gasteiger partial charge in [0.25, 0.3) is 0 Å². The smallest absolute Gasteiger partial charge is 0.326 e. The molecule has 0 aliphatic heterocycles. The van der Waals surface area contributed by atoms with E-state index in [0.717, 1.165) is 25.0 Å². The molecule has 9 heteroatoms. The lowest BCUT2D eigenvalue weighted by atomic mass is 10.1. The van der Waals surface area contributed by atoms with Crippen LogP contribution in [0.15, 0.2) is 24.3 Å². The van der Waals surface area contributed by atoms with Crippen molar-refractivity contribution in [3.63, 3.8) is 0 Å². The quantitative estimate of drug-likeness (QED) is 0.819. The normalized spacial score (nSPS) is 16.9. The molecule has 0 aromatic heterocycles. The third-order valence-corrected chi connectivity index (χ3v) is 4.70. The maximum Gasteiger partial charge on any atom is 0.416 e. The van der Waals surface area contributed by atoms with Crippen LogP contribution in [0.5, 0.6) is 0 Å². The fourth-order valence-electron chi connectivity index (χ4n) is 2.02. The molecule has 0 bridgehead atoms. The van der Waals surface area contributed by atoms with Gasteiger partial charge in [0.15, 0.2) is 0 Å². The van der Waals surface area contributed by atoms with Gasteiger partial charge < -0.3 is 5.73 Å². The van der Waals surface area contributed by atoms with Gasteiger partial charge in [0, 0.05) is 12.6 Å². The Kier molecular flexibility index (Phi) is 6.26. The Bertz CT molecular complexity index is 604. The molecule has 1 fully saturated rings. The number of sulfonamides is 1. The molecule has 0 heterocycles. The Hall–Kier alpha value is -0.830. The lowest BCUT2D eigenvalue weighted by Gasteiger charge is -2.13. The lowest BCUT2D eigenvalue weighted by molar-refractivity contribution is -0.137. The van der Waals surface area contributed by atoms with Gasteiger partial charge in [0.1, 0.15) is 0 Å². The molecule has 2 rings (SSSR count). The minimum atomic E-state index is -4.48. The van der Waals surface area contributed by atoms with Gasteiger partial charge in [-0.05, 0) is 30.4 Å². The van der Waals surface area contributed by atoms with Crippen LogP contribution in [0.25, 0.3) is 0 Å². The van der Waals surface area contributed by atoms with Crippen molar-refractivity contribution < 1.29 is 21.6 Å². The van der Waals surface area contributed by atoms with Crippen molar-refractivity contribution in [2.45, 2.75) is 30.8 Å². The maximum atomic E-state index is 12.6. The van der Waals surface area contributed by atoms with Crippen LogP contribution in [-0.2, 0) is 22.0 Å². The third-order valence-electron chi connectivity index (χ3n) is 3.38. The Morgan fingerprint density at radius 3 is 2.50 bits per heavy atom. The first-order valence-corrected chi connectivity index (χ1v) is 8.22. The summed E-state index contributed by atoms with van der Waals surface area (Å²) in [5, 5.41) is 0. The first-order valence-electron chi connectivity index (χ1n) is 6.56. The van der Waals surface area contributed by atoms with Gasteiger partial charge in [0.2, 0.25) is 10.0 Å². The molecular weight excluding hydrogens is 341 g/mol. The van der Waals surface area contributed by atoms with Gasteiger partial charge in [-0.3, -0.25) is 0 Å². The fraction of sp³-hybridized carbons (Fsp3) is 0.538. The highest BCUT2D eigenvalue weighted by Crippen LogP contribution is 2.31. The molecule has 3 N–H and O–H groups in total. The third kappa shape index (κ3) is 5.75. The van der Waals surface area contributed by atoms with E-state index in [-0.39, 0.29) is 30.6 Å². The first kappa shape index (κ1) is 19.2. The molecule has 0 saturated heterocycles. The summed E-state index contributed by atoms with van der Waals surface area (Å²) in [7, 11) is -3.70. The van der Waals surface area contributed by atoms with Gasteiger partial charge in [-0.25, -0.2) is 13.1 Å². The number of nitrogens with two attached hydrogens (primary N) is 1. The van der Waals surface area contributed by atoms with Crippen LogP contribution in [0.4, 0.5) is 13.2 Å². The number of hydrogen-bond acceptors (Lipinski definition) is 3. The molecule has 0 spiro atoms. The zero-order chi connectivity index (χ0) is 15.7. The van der Waals surface area contributed by atoms with E-state index in [2.05, 4.69) is 4.72 Å². The van der Waals surface area contributed by atoms with Crippen molar-refractivity contribution in [2.24, 2.45) is 11.7 Å². The lowest BCUT2D eigenvalue weighted by Crippen LogP contribution is -2.39. The van der Waals surface area contributed by atoms with Crippen LogP contribution in [-0.4, -0.2) is 21.0 Å². The summed E-state index contributed by atoms with van der Waals surface area (Å²) in [6.45, 7) is 0.117. The molecule has 1 atom stereocenters. The molecule has 1 aromatic carbocycles. The summed E-state index contributed by atoms with van der Waals surface area (Å²) >= 11 is 0. The van der Waals surface area contributed by atoms with E-state index < -0.39 is 27.5 Å². The topological polar surface area (TPSA) is 72.2 Å². The van der Waals surface area contributed by atoms with Crippen LogP contribution in [0.2, 0.25) is 0 Å². The van der Waals surface area contributed by atoms with Gasteiger partial charge >= 0.3 is 6.18 Å². The van der Waals surface area contributed by atoms with Gasteiger partial charge in [0.05, 0.1) is 11.3 Å². The Morgan fingerprint density at radius 2 is 1.95 bits per heavy atom. The second-order valence-electron chi connectivity index (χ2n) is 5.31. The Morgan fingerprint density at radius 1 is 1.32 bits per heavy atom. The van der Waals surface area contributed by atoms with Gasteiger partial charge in [-0.1, -0.05) is 18.2 Å². The summed E-state index contributed by atoms with van der Waals surface area (Å²) in [6, 6.07) is 4.08. The maximum absolute atomic E-state index is 12.6. The number of alkyl halides is 3. The predicted octanol–water partition coefficient (Wildman–Crippen LogP) is 2.28. The van der Waals surface area contributed by atoms with E-state index in [1.54, 1.807) is 0 Å². The molecule has 0 amide bonds. The van der Waals surface area contributed by atoms with Crippen molar-refractivity contribution in [1.82, 2.24) is 4.72 Å². The fourth-order valence-corrected chi connectivity index (χ4v) is 3.19. The van der Waals surface area contributed by atoms with E-state index in [9.17, 15) is 21.6 Å². The van der Waals surface area contributed by atoms with E-state index >= 15 is 0 Å². The van der Waals surface area contributed by atoms with E-state index in [4.69, 9.17) is 5.73 Å². The average Bonchev–Trinajstić information content (AvgIpc) is 3.19. The Labute approximate surface area is 133 Å². The van der Waals surface area contributed by atoms with Crippen LogP contribution < -0.4 is 10.5 Å². The molecule has 1 saturated carbocycles. The van der Waals surface area contributed by atoms with Crippen molar-refractivity contribution in [3.05, 3.63) is 35.4 Å². The molecule has 1 aliphatic rings. The average molecular weight is 359 g/mol. The monoisotopic (exact) mass is 358 g/mol. The predicted molar refractivity (Wildman–Crippen MR) is 80.0 cm³/mol. The number of benzene rings is 1. The zero-order valence-corrected chi connectivity index (χ0v) is 13.3. The molecule has 22 heavy (non-hydrogen) atoms. The number of hydrogen-bond donors (Lipinski definition) is 2. The highest BCUT2D eigenvalue weighted by atomic mass is 35.5. The number of rotatable bonds is 6. The highest BCUT2D eigenvalue weighted by molar-refractivity contribution is 7.88. The second kappa shape index (κ2) is 7.16. The standard InChI is InChI=1S/C13H17F3N2O2S.ClH/c14-13(15,16)11-3-1-2-9(6-11)8-21(19,20)18-7-12(17)10-4-5-10;/h1-3,6,10,12,18H,4-5,7-8,17H2;1H. The number of nitrogens with one attached hydrogen (secondary N) is 1. The molecule has 126 valence electrons. The molecule has 4 nitrogen and oxygen atoms in total.